The molecule has 0 unspecified atom stereocenters. The molecule has 1 aromatic carbocycles. The molecule has 0 atom stereocenters. The summed E-state index contributed by atoms with van der Waals surface area (Å²) in [7, 11) is 0. The third-order valence-corrected chi connectivity index (χ3v) is 3.19. The van der Waals surface area contributed by atoms with Crippen LogP contribution in [0.25, 0.3) is 11.3 Å². The maximum absolute atomic E-state index is 13.2. The molecule has 18 heavy (non-hydrogen) atoms. The summed E-state index contributed by atoms with van der Waals surface area (Å²) in [5.41, 5.74) is 1.49. The zero-order valence-corrected chi connectivity index (χ0v) is 10.9. The van der Waals surface area contributed by atoms with Crippen LogP contribution in [0.2, 0.25) is 0 Å². The first kappa shape index (κ1) is 12.7. The van der Waals surface area contributed by atoms with Crippen molar-refractivity contribution in [2.75, 3.05) is 6.61 Å². The highest BCUT2D eigenvalue weighted by Gasteiger charge is 2.20. The number of nitrogens with zero attached hydrogens (tertiary/aromatic N) is 1. The van der Waals surface area contributed by atoms with E-state index in [0.717, 1.165) is 4.88 Å². The summed E-state index contributed by atoms with van der Waals surface area (Å²) in [6, 6.07) is 6.03. The van der Waals surface area contributed by atoms with Crippen LogP contribution in [-0.4, -0.2) is 16.9 Å². The Labute approximate surface area is 108 Å². The molecule has 0 aliphatic carbocycles. The maximum Gasteiger partial charge on any atom is 0.341 e. The van der Waals surface area contributed by atoms with Gasteiger partial charge in [-0.25, -0.2) is 9.18 Å². The molecule has 0 saturated heterocycles. The number of carbonyl (C=O) groups is 1. The van der Waals surface area contributed by atoms with Crippen molar-refractivity contribution < 1.29 is 13.9 Å². The quantitative estimate of drug-likeness (QED) is 0.798. The third kappa shape index (κ3) is 2.41. The van der Waals surface area contributed by atoms with Gasteiger partial charge in [0.15, 0.2) is 0 Å². The van der Waals surface area contributed by atoms with Crippen LogP contribution in [0.1, 0.15) is 22.2 Å². The normalized spacial score (nSPS) is 10.4. The van der Waals surface area contributed by atoms with Gasteiger partial charge in [-0.2, -0.15) is 4.37 Å². The molecule has 3 nitrogen and oxygen atoms in total. The molecule has 0 aliphatic rings. The molecule has 0 fully saturated rings. The summed E-state index contributed by atoms with van der Waals surface area (Å²) in [5, 5.41) is 0. The second-order valence-corrected chi connectivity index (χ2v) is 4.67. The molecule has 1 aromatic heterocycles. The van der Waals surface area contributed by atoms with E-state index in [2.05, 4.69) is 4.37 Å². The lowest BCUT2D eigenvalue weighted by Gasteiger charge is -2.04. The molecular formula is C13H12FNO2S. The molecule has 2 rings (SSSR count). The molecule has 0 radical (unpaired) electrons. The van der Waals surface area contributed by atoms with Gasteiger partial charge in [0.25, 0.3) is 0 Å². The fourth-order valence-corrected chi connectivity index (χ4v) is 2.34. The molecule has 0 amide bonds. The topological polar surface area (TPSA) is 39.2 Å². The highest BCUT2D eigenvalue weighted by Crippen LogP contribution is 2.28. The molecule has 1 heterocycles. The van der Waals surface area contributed by atoms with Crippen LogP contribution in [0, 0.1) is 12.7 Å². The number of aromatic nitrogens is 1. The smallest absolute Gasteiger partial charge is 0.341 e. The van der Waals surface area contributed by atoms with E-state index in [-0.39, 0.29) is 5.82 Å². The summed E-state index contributed by atoms with van der Waals surface area (Å²) in [6.07, 6.45) is 0. The Morgan fingerprint density at radius 2 is 2.28 bits per heavy atom. The minimum Gasteiger partial charge on any atom is -0.462 e. The van der Waals surface area contributed by atoms with Gasteiger partial charge in [0.2, 0.25) is 0 Å². The van der Waals surface area contributed by atoms with Gasteiger partial charge >= 0.3 is 5.97 Å². The summed E-state index contributed by atoms with van der Waals surface area (Å²) in [6.45, 7) is 3.85. The average molecular weight is 265 g/mol. The Balaban J connectivity index is 2.49. The number of hydrogen-bond donors (Lipinski definition) is 0. The summed E-state index contributed by atoms with van der Waals surface area (Å²) in [4.78, 5) is 12.6. The van der Waals surface area contributed by atoms with Gasteiger partial charge in [0, 0.05) is 10.4 Å². The van der Waals surface area contributed by atoms with Crippen molar-refractivity contribution in [2.24, 2.45) is 0 Å². The van der Waals surface area contributed by atoms with Gasteiger partial charge in [0.05, 0.1) is 12.3 Å². The highest BCUT2D eigenvalue weighted by molar-refractivity contribution is 7.06. The van der Waals surface area contributed by atoms with E-state index in [0.29, 0.717) is 23.4 Å². The fraction of sp³-hybridized carbons (Fsp3) is 0.231. The molecule has 5 heteroatoms. The summed E-state index contributed by atoms with van der Waals surface area (Å²) in [5.74, 6) is -0.768. The van der Waals surface area contributed by atoms with Crippen molar-refractivity contribution in [3.8, 4) is 11.3 Å². The monoisotopic (exact) mass is 265 g/mol. The fourth-order valence-electron chi connectivity index (χ4n) is 1.65. The number of rotatable bonds is 3. The first-order chi connectivity index (χ1) is 8.63. The average Bonchev–Trinajstić information content (AvgIpc) is 2.71. The second-order valence-electron chi connectivity index (χ2n) is 3.69. The number of halogens is 1. The number of aryl methyl sites for hydroxylation is 1. The van der Waals surface area contributed by atoms with E-state index in [1.165, 1.54) is 23.7 Å². The van der Waals surface area contributed by atoms with Crippen molar-refractivity contribution in [1.29, 1.82) is 0 Å². The Morgan fingerprint density at radius 3 is 2.94 bits per heavy atom. The third-order valence-electron chi connectivity index (χ3n) is 2.44. The minimum absolute atomic E-state index is 0.302. The predicted octanol–water partition coefficient (Wildman–Crippen LogP) is 3.43. The first-order valence-electron chi connectivity index (χ1n) is 5.52. The highest BCUT2D eigenvalue weighted by atomic mass is 32.1. The number of carbonyl (C=O) groups excluding carboxylic acids is 1. The zero-order valence-electron chi connectivity index (χ0n) is 10.1. The Kier molecular flexibility index (Phi) is 3.72. The number of ether oxygens (including phenoxy) is 1. The SMILES string of the molecule is CCOC(=O)c1c(-c2cccc(F)c2)nsc1C. The molecule has 0 N–H and O–H groups in total. The second kappa shape index (κ2) is 5.27. The van der Waals surface area contributed by atoms with Crippen molar-refractivity contribution in [1.82, 2.24) is 4.37 Å². The number of esters is 1. The lowest BCUT2D eigenvalue weighted by atomic mass is 10.1. The molecular weight excluding hydrogens is 253 g/mol. The van der Waals surface area contributed by atoms with Gasteiger partial charge in [-0.3, -0.25) is 0 Å². The van der Waals surface area contributed by atoms with E-state index in [4.69, 9.17) is 4.74 Å². The lowest BCUT2D eigenvalue weighted by molar-refractivity contribution is 0.0527. The number of benzene rings is 1. The molecule has 0 aliphatic heterocycles. The van der Waals surface area contributed by atoms with Crippen molar-refractivity contribution in [3.05, 3.63) is 40.5 Å². The van der Waals surface area contributed by atoms with Gasteiger partial charge in [-0.15, -0.1) is 0 Å². The maximum atomic E-state index is 13.2. The molecule has 0 bridgehead atoms. The molecule has 0 spiro atoms. The number of hydrogen-bond acceptors (Lipinski definition) is 4. The molecule has 0 saturated carbocycles. The van der Waals surface area contributed by atoms with Gasteiger partial charge in [0.1, 0.15) is 11.4 Å². The van der Waals surface area contributed by atoms with E-state index < -0.39 is 5.97 Å². The van der Waals surface area contributed by atoms with Crippen LogP contribution in [0.5, 0.6) is 0 Å². The van der Waals surface area contributed by atoms with Crippen molar-refractivity contribution in [3.63, 3.8) is 0 Å². The first-order valence-corrected chi connectivity index (χ1v) is 6.30. The van der Waals surface area contributed by atoms with Gasteiger partial charge < -0.3 is 4.74 Å². The van der Waals surface area contributed by atoms with Crippen LogP contribution >= 0.6 is 11.5 Å². The van der Waals surface area contributed by atoms with Crippen molar-refractivity contribution in [2.45, 2.75) is 13.8 Å². The minimum atomic E-state index is -0.414. The van der Waals surface area contributed by atoms with E-state index in [9.17, 15) is 9.18 Å². The van der Waals surface area contributed by atoms with Gasteiger partial charge in [-0.05, 0) is 37.5 Å². The summed E-state index contributed by atoms with van der Waals surface area (Å²) >= 11 is 1.21. The summed E-state index contributed by atoms with van der Waals surface area (Å²) < 4.78 is 22.4. The van der Waals surface area contributed by atoms with Crippen LogP contribution in [0.4, 0.5) is 4.39 Å². The van der Waals surface area contributed by atoms with E-state index in [1.54, 1.807) is 26.0 Å². The van der Waals surface area contributed by atoms with Gasteiger partial charge in [-0.1, -0.05) is 12.1 Å². The van der Waals surface area contributed by atoms with E-state index in [1.807, 2.05) is 0 Å². The van der Waals surface area contributed by atoms with Crippen molar-refractivity contribution >= 4 is 17.5 Å². The van der Waals surface area contributed by atoms with Crippen LogP contribution in [0.15, 0.2) is 24.3 Å². The van der Waals surface area contributed by atoms with Crippen LogP contribution in [-0.2, 0) is 4.74 Å². The zero-order chi connectivity index (χ0) is 13.1. The largest absolute Gasteiger partial charge is 0.462 e. The van der Waals surface area contributed by atoms with E-state index >= 15 is 0 Å². The van der Waals surface area contributed by atoms with Crippen LogP contribution in [0.3, 0.4) is 0 Å². The lowest BCUT2D eigenvalue weighted by Crippen LogP contribution is -2.06. The Bertz CT molecular complexity index is 580. The standard InChI is InChI=1S/C13H12FNO2S/c1-3-17-13(16)11-8(2)18-15-12(11)9-5-4-6-10(14)7-9/h4-7H,3H2,1-2H3. The Morgan fingerprint density at radius 1 is 1.50 bits per heavy atom. The molecule has 2 aromatic rings. The molecule has 94 valence electrons. The van der Waals surface area contributed by atoms with Crippen LogP contribution < -0.4 is 0 Å². The predicted molar refractivity (Wildman–Crippen MR) is 68.2 cm³/mol. The Hall–Kier alpha value is -1.75.